The predicted molar refractivity (Wildman–Crippen MR) is 154 cm³/mol. The molecular weight excluding hydrogens is 488 g/mol. The summed E-state index contributed by atoms with van der Waals surface area (Å²) >= 11 is 0. The summed E-state index contributed by atoms with van der Waals surface area (Å²) in [5, 5.41) is 16.9. The molecule has 1 fully saturated rings. The summed E-state index contributed by atoms with van der Waals surface area (Å²) in [4.78, 5) is 14.1. The highest BCUT2D eigenvalue weighted by molar-refractivity contribution is 5.68. The number of hydrogen-bond donors (Lipinski definition) is 2. The maximum absolute atomic E-state index is 6.25. The van der Waals surface area contributed by atoms with Crippen molar-refractivity contribution in [3.63, 3.8) is 0 Å². The first-order valence-corrected chi connectivity index (χ1v) is 14.0. The van der Waals surface area contributed by atoms with E-state index >= 15 is 0 Å². The summed E-state index contributed by atoms with van der Waals surface area (Å²) in [5.41, 5.74) is 11.6. The van der Waals surface area contributed by atoms with Gasteiger partial charge in [-0.25, -0.2) is 4.98 Å². The summed E-state index contributed by atoms with van der Waals surface area (Å²) in [6.07, 6.45) is 7.26. The Morgan fingerprint density at radius 3 is 2.67 bits per heavy atom. The van der Waals surface area contributed by atoms with Gasteiger partial charge in [0, 0.05) is 24.7 Å². The van der Waals surface area contributed by atoms with Crippen LogP contribution in [0.3, 0.4) is 0 Å². The average Bonchev–Trinajstić information content (AvgIpc) is 3.53. The second-order valence-electron chi connectivity index (χ2n) is 10.3. The number of nitrogen functional groups attached to an aromatic ring is 1. The molecule has 2 aliphatic rings. The molecule has 1 aliphatic carbocycles. The standard InChI is InChI=1S/C29H36N10/c1-3-37(4-2)19-23-12-8-16-38(23)25-15-14-22(18-31-25)32-29-33-28(30)39(36-29)26-17-21-11-7-10-20-9-5-6-13-24(20)27(21)35-34-26/h5-6,9,13-15,17-18,23H,3-4,7-8,10-12,16,19H2,1-2H3,(H3,30,32,33,36). The van der Waals surface area contributed by atoms with Crippen LogP contribution in [0.25, 0.3) is 17.1 Å². The van der Waals surface area contributed by atoms with Gasteiger partial charge < -0.3 is 20.9 Å². The van der Waals surface area contributed by atoms with Gasteiger partial charge in [-0.2, -0.15) is 9.67 Å². The Kier molecular flexibility index (Phi) is 7.10. The van der Waals surface area contributed by atoms with E-state index in [1.165, 1.54) is 23.1 Å². The first-order valence-electron chi connectivity index (χ1n) is 14.0. The Balaban J connectivity index is 1.18. The van der Waals surface area contributed by atoms with Crippen molar-refractivity contribution in [2.45, 2.75) is 52.0 Å². The molecule has 3 aromatic heterocycles. The number of aromatic nitrogens is 6. The highest BCUT2D eigenvalue weighted by Crippen LogP contribution is 2.31. The zero-order chi connectivity index (χ0) is 26.8. The van der Waals surface area contributed by atoms with Gasteiger partial charge in [0.05, 0.1) is 17.6 Å². The molecule has 1 atom stereocenters. The van der Waals surface area contributed by atoms with E-state index in [0.29, 0.717) is 17.8 Å². The van der Waals surface area contributed by atoms with E-state index in [9.17, 15) is 0 Å². The van der Waals surface area contributed by atoms with Crippen molar-refractivity contribution in [1.29, 1.82) is 0 Å². The van der Waals surface area contributed by atoms with E-state index in [4.69, 9.17) is 10.7 Å². The first kappa shape index (κ1) is 25.2. The first-order chi connectivity index (χ1) is 19.1. The molecule has 4 aromatic rings. The van der Waals surface area contributed by atoms with Gasteiger partial charge >= 0.3 is 0 Å². The van der Waals surface area contributed by atoms with Gasteiger partial charge in [0.15, 0.2) is 5.82 Å². The Bertz CT molecular complexity index is 1430. The van der Waals surface area contributed by atoms with Crippen molar-refractivity contribution in [2.75, 3.05) is 42.1 Å². The average molecular weight is 525 g/mol. The van der Waals surface area contributed by atoms with Crippen molar-refractivity contribution in [1.82, 2.24) is 34.8 Å². The SMILES string of the molecule is CCN(CC)CC1CCCN1c1ccc(Nc2nc(N)n(-c3cc4c(nn3)-c3ccccc3CCC4)n2)cn1. The second-order valence-corrected chi connectivity index (χ2v) is 10.3. The van der Waals surface area contributed by atoms with Gasteiger partial charge in [-0.3, -0.25) is 0 Å². The van der Waals surface area contributed by atoms with Crippen molar-refractivity contribution in [3.05, 3.63) is 59.8 Å². The summed E-state index contributed by atoms with van der Waals surface area (Å²) in [6.45, 7) is 8.72. The topological polar surface area (TPSA) is 114 Å². The van der Waals surface area contributed by atoms with Gasteiger partial charge in [0.1, 0.15) is 5.82 Å². The lowest BCUT2D eigenvalue weighted by molar-refractivity contribution is 0.283. The van der Waals surface area contributed by atoms with Crippen LogP contribution >= 0.6 is 0 Å². The van der Waals surface area contributed by atoms with Gasteiger partial charge in [-0.05, 0) is 74.5 Å². The lowest BCUT2D eigenvalue weighted by Crippen LogP contribution is -2.40. The highest BCUT2D eigenvalue weighted by Gasteiger charge is 2.27. The molecule has 39 heavy (non-hydrogen) atoms. The lowest BCUT2D eigenvalue weighted by atomic mass is 10.0. The number of benzene rings is 1. The van der Waals surface area contributed by atoms with E-state index < -0.39 is 0 Å². The van der Waals surface area contributed by atoms with Crippen LogP contribution in [-0.2, 0) is 12.8 Å². The van der Waals surface area contributed by atoms with E-state index in [0.717, 1.165) is 73.8 Å². The molecule has 10 heteroatoms. The number of likely N-dealkylation sites (N-methyl/N-ethyl adjacent to an activating group) is 1. The number of hydrogen-bond acceptors (Lipinski definition) is 9. The predicted octanol–water partition coefficient (Wildman–Crippen LogP) is 4.24. The van der Waals surface area contributed by atoms with E-state index in [1.54, 1.807) is 0 Å². The zero-order valence-corrected chi connectivity index (χ0v) is 22.7. The van der Waals surface area contributed by atoms with Gasteiger partial charge in [-0.15, -0.1) is 15.3 Å². The molecule has 1 unspecified atom stereocenters. The van der Waals surface area contributed by atoms with Crippen LogP contribution in [0.5, 0.6) is 0 Å². The lowest BCUT2D eigenvalue weighted by Gasteiger charge is -2.30. The van der Waals surface area contributed by atoms with Crippen LogP contribution in [0.15, 0.2) is 48.7 Å². The zero-order valence-electron chi connectivity index (χ0n) is 22.7. The molecule has 10 nitrogen and oxygen atoms in total. The largest absolute Gasteiger partial charge is 0.368 e. The number of nitrogens with zero attached hydrogens (tertiary/aromatic N) is 8. The molecule has 6 rings (SSSR count). The van der Waals surface area contributed by atoms with Gasteiger partial charge in [0.25, 0.3) is 0 Å². The van der Waals surface area contributed by atoms with Crippen molar-refractivity contribution in [2.24, 2.45) is 0 Å². The van der Waals surface area contributed by atoms with Crippen LogP contribution in [0.4, 0.5) is 23.4 Å². The van der Waals surface area contributed by atoms with E-state index in [2.05, 4.69) is 73.5 Å². The molecule has 3 N–H and O–H groups in total. The van der Waals surface area contributed by atoms with Crippen molar-refractivity contribution in [3.8, 4) is 17.1 Å². The molecule has 0 bridgehead atoms. The maximum atomic E-state index is 6.25. The molecule has 0 radical (unpaired) electrons. The van der Waals surface area contributed by atoms with Gasteiger partial charge in [-0.1, -0.05) is 38.1 Å². The fourth-order valence-electron chi connectivity index (χ4n) is 5.79. The number of pyridine rings is 1. The number of aryl methyl sites for hydroxylation is 2. The van der Waals surface area contributed by atoms with Crippen LogP contribution in [0.2, 0.25) is 0 Å². The molecule has 4 heterocycles. The third kappa shape index (κ3) is 5.16. The van der Waals surface area contributed by atoms with Crippen LogP contribution < -0.4 is 16.0 Å². The van der Waals surface area contributed by atoms with E-state index in [1.807, 2.05) is 24.4 Å². The number of nitrogens with one attached hydrogen (secondary N) is 1. The molecular formula is C29H36N10. The summed E-state index contributed by atoms with van der Waals surface area (Å²) < 4.78 is 1.54. The van der Waals surface area contributed by atoms with Gasteiger partial charge in [0.2, 0.25) is 11.9 Å². The normalized spacial score (nSPS) is 16.7. The van der Waals surface area contributed by atoms with Crippen LogP contribution in [0, 0.1) is 0 Å². The molecule has 1 aromatic carbocycles. The van der Waals surface area contributed by atoms with Crippen molar-refractivity contribution >= 4 is 23.4 Å². The minimum atomic E-state index is 0.252. The fourth-order valence-corrected chi connectivity index (χ4v) is 5.79. The maximum Gasteiger partial charge on any atom is 0.248 e. The molecule has 1 saturated heterocycles. The van der Waals surface area contributed by atoms with E-state index in [-0.39, 0.29) is 5.95 Å². The molecule has 0 spiro atoms. The molecule has 0 saturated carbocycles. The fraction of sp³-hybridized carbons (Fsp3) is 0.414. The number of fused-ring (bicyclic) bond motifs is 3. The molecule has 202 valence electrons. The number of nitrogens with two attached hydrogens (primary N) is 1. The Hall–Kier alpha value is -4.05. The molecule has 1 aliphatic heterocycles. The molecule has 0 amide bonds. The Morgan fingerprint density at radius 1 is 1.00 bits per heavy atom. The minimum absolute atomic E-state index is 0.252. The Labute approximate surface area is 229 Å². The monoisotopic (exact) mass is 524 g/mol. The number of rotatable bonds is 8. The highest BCUT2D eigenvalue weighted by atomic mass is 15.4. The summed E-state index contributed by atoms with van der Waals surface area (Å²) in [6, 6.07) is 15.0. The smallest absolute Gasteiger partial charge is 0.248 e. The Morgan fingerprint density at radius 2 is 1.85 bits per heavy atom. The summed E-state index contributed by atoms with van der Waals surface area (Å²) in [5.74, 6) is 2.22. The quantitative estimate of drug-likeness (QED) is 0.349. The third-order valence-corrected chi connectivity index (χ3v) is 7.91. The second kappa shape index (κ2) is 11.0. The van der Waals surface area contributed by atoms with Crippen LogP contribution in [0.1, 0.15) is 44.2 Å². The number of anilines is 4. The summed E-state index contributed by atoms with van der Waals surface area (Å²) in [7, 11) is 0. The van der Waals surface area contributed by atoms with Crippen LogP contribution in [-0.4, -0.2) is 67.1 Å². The van der Waals surface area contributed by atoms with Crippen molar-refractivity contribution < 1.29 is 0 Å². The minimum Gasteiger partial charge on any atom is -0.368 e. The third-order valence-electron chi connectivity index (χ3n) is 7.91.